The van der Waals surface area contributed by atoms with Gasteiger partial charge in [-0.05, 0) is 38.0 Å². The minimum atomic E-state index is -5.00. The van der Waals surface area contributed by atoms with Gasteiger partial charge in [-0.25, -0.2) is 5.43 Å². The van der Waals surface area contributed by atoms with Crippen LogP contribution in [0.3, 0.4) is 0 Å². The molecule has 1 amide bonds. The van der Waals surface area contributed by atoms with Crippen LogP contribution in [0.25, 0.3) is 0 Å². The fraction of sp³-hybridized carbons (Fsp3) is 0.400. The van der Waals surface area contributed by atoms with Crippen molar-refractivity contribution in [1.29, 1.82) is 0 Å². The highest BCUT2D eigenvalue weighted by atomic mass is 19.4. The van der Waals surface area contributed by atoms with Gasteiger partial charge in [0, 0.05) is 11.6 Å². The third-order valence-corrected chi connectivity index (χ3v) is 3.09. The first kappa shape index (κ1) is 20.0. The summed E-state index contributed by atoms with van der Waals surface area (Å²) in [5, 5.41) is 0. The zero-order valence-corrected chi connectivity index (χ0v) is 12.7. The topological polar surface area (TPSA) is 41.1 Å². The number of hydrogen-bond donors (Lipinski definition) is 2. The second-order valence-corrected chi connectivity index (χ2v) is 5.16. The van der Waals surface area contributed by atoms with Gasteiger partial charge < -0.3 is 0 Å². The summed E-state index contributed by atoms with van der Waals surface area (Å²) >= 11 is 0. The molecule has 0 radical (unpaired) electrons. The van der Waals surface area contributed by atoms with Crippen LogP contribution in [0, 0.1) is 0 Å². The summed E-state index contributed by atoms with van der Waals surface area (Å²) in [6.07, 6.45) is -7.14. The Morgan fingerprint density at radius 3 is 2.04 bits per heavy atom. The van der Waals surface area contributed by atoms with E-state index in [1.165, 1.54) is 0 Å². The van der Waals surface area contributed by atoms with Crippen molar-refractivity contribution in [3.63, 3.8) is 0 Å². The monoisotopic (exact) mass is 354 g/mol. The van der Waals surface area contributed by atoms with Gasteiger partial charge in [0.15, 0.2) is 0 Å². The molecular formula is C15H16F6N2O. The maximum absolute atomic E-state index is 12.7. The number of halogens is 6. The molecule has 0 bridgehead atoms. The standard InChI is InChI=1S/C15H16F6N2O/c1-3-4-5-9(2)22-23-13(24)10-6-11(14(16,17)18)8-12(7-10)15(19,20)21/h3,6-9,22H,1,4-5H2,2H3,(H,23,24). The van der Waals surface area contributed by atoms with E-state index in [2.05, 4.69) is 17.4 Å². The van der Waals surface area contributed by atoms with Crippen molar-refractivity contribution in [3.05, 3.63) is 47.5 Å². The molecule has 2 N–H and O–H groups in total. The predicted molar refractivity (Wildman–Crippen MR) is 75.9 cm³/mol. The van der Waals surface area contributed by atoms with E-state index in [1.807, 2.05) is 0 Å². The first-order valence-electron chi connectivity index (χ1n) is 6.91. The number of benzene rings is 1. The average molecular weight is 354 g/mol. The van der Waals surface area contributed by atoms with Crippen LogP contribution < -0.4 is 10.9 Å². The lowest BCUT2D eigenvalue weighted by atomic mass is 10.0. The Bertz CT molecular complexity index is 562. The van der Waals surface area contributed by atoms with Gasteiger partial charge in [0.25, 0.3) is 5.91 Å². The molecular weight excluding hydrogens is 338 g/mol. The normalized spacial score (nSPS) is 13.5. The summed E-state index contributed by atoms with van der Waals surface area (Å²) in [5.74, 6) is -1.09. The molecule has 1 aromatic carbocycles. The molecule has 0 saturated carbocycles. The Labute approximate surface area is 134 Å². The summed E-state index contributed by atoms with van der Waals surface area (Å²) in [4.78, 5) is 11.9. The summed E-state index contributed by atoms with van der Waals surface area (Å²) in [5.41, 5.74) is 0.814. The zero-order chi connectivity index (χ0) is 18.5. The fourth-order valence-corrected chi connectivity index (χ4v) is 1.79. The van der Waals surface area contributed by atoms with E-state index < -0.39 is 35.0 Å². The molecule has 1 rings (SSSR count). The van der Waals surface area contributed by atoms with Crippen molar-refractivity contribution in [3.8, 4) is 0 Å². The average Bonchev–Trinajstić information content (AvgIpc) is 2.48. The van der Waals surface area contributed by atoms with Crippen molar-refractivity contribution < 1.29 is 31.1 Å². The second-order valence-electron chi connectivity index (χ2n) is 5.16. The van der Waals surface area contributed by atoms with Crippen LogP contribution in [-0.4, -0.2) is 11.9 Å². The van der Waals surface area contributed by atoms with E-state index in [4.69, 9.17) is 0 Å². The summed E-state index contributed by atoms with van der Waals surface area (Å²) in [7, 11) is 0. The summed E-state index contributed by atoms with van der Waals surface area (Å²) in [6, 6.07) is 0.484. The number of allylic oxidation sites excluding steroid dienone is 1. The molecule has 1 atom stereocenters. The molecule has 3 nitrogen and oxygen atoms in total. The molecule has 0 spiro atoms. The number of carbonyl (C=O) groups excluding carboxylic acids is 1. The highest BCUT2D eigenvalue weighted by Gasteiger charge is 2.37. The maximum Gasteiger partial charge on any atom is 0.416 e. The smallest absolute Gasteiger partial charge is 0.287 e. The maximum atomic E-state index is 12.7. The van der Waals surface area contributed by atoms with Crippen LogP contribution in [0.4, 0.5) is 26.3 Å². The van der Waals surface area contributed by atoms with Gasteiger partial charge in [0.05, 0.1) is 11.1 Å². The lowest BCUT2D eigenvalue weighted by Crippen LogP contribution is -2.43. The van der Waals surface area contributed by atoms with Crippen molar-refractivity contribution in [2.75, 3.05) is 0 Å². The molecule has 0 heterocycles. The van der Waals surface area contributed by atoms with Gasteiger partial charge in [-0.2, -0.15) is 26.3 Å². The fourth-order valence-electron chi connectivity index (χ4n) is 1.79. The van der Waals surface area contributed by atoms with Crippen molar-refractivity contribution in [2.45, 2.75) is 38.2 Å². The number of hydrogen-bond acceptors (Lipinski definition) is 2. The van der Waals surface area contributed by atoms with E-state index in [-0.39, 0.29) is 12.1 Å². The number of hydrazine groups is 1. The lowest BCUT2D eigenvalue weighted by molar-refractivity contribution is -0.143. The van der Waals surface area contributed by atoms with E-state index in [0.29, 0.717) is 25.0 Å². The molecule has 24 heavy (non-hydrogen) atoms. The van der Waals surface area contributed by atoms with Crippen molar-refractivity contribution in [2.24, 2.45) is 0 Å². The zero-order valence-electron chi connectivity index (χ0n) is 12.7. The molecule has 0 saturated heterocycles. The quantitative estimate of drug-likeness (QED) is 0.454. The van der Waals surface area contributed by atoms with Crippen LogP contribution in [0.15, 0.2) is 30.9 Å². The van der Waals surface area contributed by atoms with E-state index in [9.17, 15) is 31.1 Å². The second kappa shape index (κ2) is 7.69. The Kier molecular flexibility index (Phi) is 6.42. The van der Waals surface area contributed by atoms with E-state index in [0.717, 1.165) is 0 Å². The first-order chi connectivity index (χ1) is 10.9. The number of alkyl halides is 6. The summed E-state index contributed by atoms with van der Waals surface area (Å²) in [6.45, 7) is 5.20. The van der Waals surface area contributed by atoms with Gasteiger partial charge in [-0.3, -0.25) is 10.2 Å². The van der Waals surface area contributed by atoms with Crippen LogP contribution in [0.5, 0.6) is 0 Å². The molecule has 0 aliphatic heterocycles. The van der Waals surface area contributed by atoms with Crippen molar-refractivity contribution >= 4 is 5.91 Å². The Morgan fingerprint density at radius 1 is 1.12 bits per heavy atom. The van der Waals surface area contributed by atoms with Crippen LogP contribution in [0.1, 0.15) is 41.3 Å². The molecule has 0 aliphatic rings. The molecule has 0 aromatic heterocycles. The molecule has 0 aliphatic carbocycles. The van der Waals surface area contributed by atoms with Gasteiger partial charge in [-0.15, -0.1) is 6.58 Å². The molecule has 134 valence electrons. The van der Waals surface area contributed by atoms with Gasteiger partial charge in [0.2, 0.25) is 0 Å². The Balaban J connectivity index is 3.01. The van der Waals surface area contributed by atoms with E-state index >= 15 is 0 Å². The number of rotatable bonds is 6. The highest BCUT2D eigenvalue weighted by molar-refractivity contribution is 5.94. The summed E-state index contributed by atoms with van der Waals surface area (Å²) < 4.78 is 76.4. The SMILES string of the molecule is C=CCCC(C)NNC(=O)c1cc(C(F)(F)F)cc(C(F)(F)F)c1. The first-order valence-corrected chi connectivity index (χ1v) is 6.91. The number of carbonyl (C=O) groups is 1. The Hall–Kier alpha value is -2.03. The van der Waals surface area contributed by atoms with Crippen LogP contribution >= 0.6 is 0 Å². The minimum absolute atomic E-state index is 0.0308. The van der Waals surface area contributed by atoms with Crippen LogP contribution in [0.2, 0.25) is 0 Å². The number of amides is 1. The molecule has 9 heteroatoms. The third kappa shape index (κ3) is 5.88. The molecule has 1 unspecified atom stereocenters. The Morgan fingerprint density at radius 2 is 1.62 bits per heavy atom. The predicted octanol–water partition coefficient (Wildman–Crippen LogP) is 4.31. The molecule has 0 fully saturated rings. The van der Waals surface area contributed by atoms with Gasteiger partial charge in [0.1, 0.15) is 0 Å². The molecule has 1 aromatic rings. The lowest BCUT2D eigenvalue weighted by Gasteiger charge is -2.16. The van der Waals surface area contributed by atoms with Crippen LogP contribution in [-0.2, 0) is 12.4 Å². The highest BCUT2D eigenvalue weighted by Crippen LogP contribution is 2.36. The van der Waals surface area contributed by atoms with E-state index in [1.54, 1.807) is 13.0 Å². The third-order valence-electron chi connectivity index (χ3n) is 3.09. The van der Waals surface area contributed by atoms with Gasteiger partial charge in [-0.1, -0.05) is 6.08 Å². The largest absolute Gasteiger partial charge is 0.416 e. The van der Waals surface area contributed by atoms with Crippen molar-refractivity contribution in [1.82, 2.24) is 10.9 Å². The minimum Gasteiger partial charge on any atom is -0.287 e. The number of nitrogens with one attached hydrogen (secondary N) is 2. The van der Waals surface area contributed by atoms with Gasteiger partial charge >= 0.3 is 12.4 Å².